The molecule has 0 aliphatic carbocycles. The number of nitrogens with one attached hydrogen (secondary N) is 2. The van der Waals surface area contributed by atoms with Gasteiger partial charge in [0.2, 0.25) is 0 Å². The van der Waals surface area contributed by atoms with Gasteiger partial charge in [-0.25, -0.2) is 5.48 Å². The molecule has 1 unspecified atom stereocenters. The van der Waals surface area contributed by atoms with Gasteiger partial charge >= 0.3 is 0 Å². The maximum atomic E-state index is 13.7. The van der Waals surface area contributed by atoms with Gasteiger partial charge in [-0.2, -0.15) is 5.10 Å². The predicted molar refractivity (Wildman–Crippen MR) is 130 cm³/mol. The molecule has 4 aromatic rings. The molecule has 2 amide bonds. The van der Waals surface area contributed by atoms with E-state index >= 15 is 0 Å². The fourth-order valence-electron chi connectivity index (χ4n) is 4.53. The molecular formula is C26H25N5O5. The second-order valence-electron chi connectivity index (χ2n) is 9.49. The first-order valence-electron chi connectivity index (χ1n) is 11.3. The Hall–Kier alpha value is -4.44. The number of para-hydroxylation sites is 1. The van der Waals surface area contributed by atoms with Crippen molar-refractivity contribution in [1.29, 1.82) is 0 Å². The molecule has 0 saturated carbocycles. The summed E-state index contributed by atoms with van der Waals surface area (Å²) in [4.78, 5) is 27.0. The lowest BCUT2D eigenvalue weighted by molar-refractivity contribution is 0.0696. The molecule has 0 bridgehead atoms. The smallest absolute Gasteiger partial charge is 0.296 e. The number of aromatic amines is 1. The number of ether oxygens (including phenoxy) is 1. The zero-order valence-corrected chi connectivity index (χ0v) is 20.2. The highest BCUT2D eigenvalue weighted by Gasteiger charge is 2.45. The van der Waals surface area contributed by atoms with Crippen LogP contribution < -0.4 is 15.1 Å². The van der Waals surface area contributed by atoms with E-state index in [0.717, 1.165) is 16.8 Å². The van der Waals surface area contributed by atoms with Crippen molar-refractivity contribution in [2.24, 2.45) is 0 Å². The van der Waals surface area contributed by atoms with Crippen molar-refractivity contribution in [2.45, 2.75) is 32.2 Å². The molecule has 10 nitrogen and oxygen atoms in total. The topological polar surface area (TPSA) is 134 Å². The van der Waals surface area contributed by atoms with Crippen molar-refractivity contribution >= 4 is 17.5 Å². The number of aromatic nitrogens is 3. The van der Waals surface area contributed by atoms with Crippen LogP contribution in [0.5, 0.6) is 5.75 Å². The summed E-state index contributed by atoms with van der Waals surface area (Å²) in [6.45, 7) is 6.19. The molecule has 1 aliphatic heterocycles. The Morgan fingerprint density at radius 3 is 2.56 bits per heavy atom. The Balaban J connectivity index is 1.60. The first-order chi connectivity index (χ1) is 17.2. The van der Waals surface area contributed by atoms with Crippen LogP contribution in [0.4, 0.5) is 5.69 Å². The number of amides is 2. The van der Waals surface area contributed by atoms with E-state index in [1.807, 2.05) is 24.3 Å². The Morgan fingerprint density at radius 2 is 1.89 bits per heavy atom. The van der Waals surface area contributed by atoms with Crippen LogP contribution in [0.2, 0.25) is 0 Å². The lowest BCUT2D eigenvalue weighted by atomic mass is 9.85. The first kappa shape index (κ1) is 23.3. The quantitative estimate of drug-likeness (QED) is 0.283. The third-order valence-electron chi connectivity index (χ3n) is 6.19. The van der Waals surface area contributed by atoms with Crippen molar-refractivity contribution in [2.75, 3.05) is 12.0 Å². The van der Waals surface area contributed by atoms with E-state index in [9.17, 15) is 9.59 Å². The van der Waals surface area contributed by atoms with Crippen LogP contribution >= 0.6 is 0 Å². The standard InChI is InChI=1S/C26H25N5O5/c1-26(2,3)23-20-21(27-28-23)25(33)31(22(20)16-7-5-6-8-18(16)35-4)15-11-9-14(10-12-15)19-13-17(30-36-19)24(32)29-34/h5-13,22,34H,1-4H3,(H,27,28)(H,29,32). The third kappa shape index (κ3) is 3.72. The highest BCUT2D eigenvalue weighted by atomic mass is 16.5. The summed E-state index contributed by atoms with van der Waals surface area (Å²) in [5.41, 5.74) is 5.44. The molecule has 2 aromatic heterocycles. The second kappa shape index (κ2) is 8.65. The van der Waals surface area contributed by atoms with Gasteiger partial charge in [-0.3, -0.25) is 24.8 Å². The minimum atomic E-state index is -0.770. The average molecular weight is 488 g/mol. The lowest BCUT2D eigenvalue weighted by Crippen LogP contribution is -2.30. The molecule has 0 radical (unpaired) electrons. The highest BCUT2D eigenvalue weighted by molar-refractivity contribution is 6.11. The van der Waals surface area contributed by atoms with E-state index in [4.69, 9.17) is 14.5 Å². The SMILES string of the molecule is COc1ccccc1C1c2c(C(C)(C)C)n[nH]c2C(=O)N1c1ccc(-c2cc(C(=O)NO)no2)cc1. The fraction of sp³-hybridized carbons (Fsp3) is 0.231. The number of nitrogens with zero attached hydrogens (tertiary/aromatic N) is 3. The van der Waals surface area contributed by atoms with E-state index < -0.39 is 11.9 Å². The summed E-state index contributed by atoms with van der Waals surface area (Å²) in [7, 11) is 1.61. The molecule has 3 N–H and O–H groups in total. The van der Waals surface area contributed by atoms with E-state index in [1.54, 1.807) is 36.3 Å². The number of H-pyrrole nitrogens is 1. The molecule has 1 atom stereocenters. The number of hydrogen-bond donors (Lipinski definition) is 3. The highest BCUT2D eigenvalue weighted by Crippen LogP contribution is 2.47. The number of fused-ring (bicyclic) bond motifs is 1. The largest absolute Gasteiger partial charge is 0.496 e. The second-order valence-corrected chi connectivity index (χ2v) is 9.49. The van der Waals surface area contributed by atoms with E-state index in [-0.39, 0.29) is 17.0 Å². The molecule has 36 heavy (non-hydrogen) atoms. The van der Waals surface area contributed by atoms with Crippen molar-refractivity contribution in [3.63, 3.8) is 0 Å². The van der Waals surface area contributed by atoms with Gasteiger partial charge < -0.3 is 9.26 Å². The minimum Gasteiger partial charge on any atom is -0.496 e. The summed E-state index contributed by atoms with van der Waals surface area (Å²) in [6, 6.07) is 15.8. The van der Waals surface area contributed by atoms with Crippen molar-refractivity contribution in [3.8, 4) is 17.1 Å². The Bertz CT molecular complexity index is 1450. The van der Waals surface area contributed by atoms with Crippen LogP contribution in [0, 0.1) is 0 Å². The molecule has 0 spiro atoms. The zero-order chi connectivity index (χ0) is 25.6. The number of carbonyl (C=O) groups excluding carboxylic acids is 2. The van der Waals surface area contributed by atoms with Gasteiger partial charge in [-0.05, 0) is 30.3 Å². The summed E-state index contributed by atoms with van der Waals surface area (Å²) in [5.74, 6) is 0.0485. The van der Waals surface area contributed by atoms with Crippen molar-refractivity contribution in [3.05, 3.63) is 82.8 Å². The monoisotopic (exact) mass is 487 g/mol. The third-order valence-corrected chi connectivity index (χ3v) is 6.19. The van der Waals surface area contributed by atoms with Gasteiger partial charge in [-0.15, -0.1) is 0 Å². The average Bonchev–Trinajstić information content (AvgIpc) is 3.59. The van der Waals surface area contributed by atoms with Crippen LogP contribution in [0.3, 0.4) is 0 Å². The van der Waals surface area contributed by atoms with E-state index in [2.05, 4.69) is 36.1 Å². The van der Waals surface area contributed by atoms with Crippen molar-refractivity contribution in [1.82, 2.24) is 20.8 Å². The van der Waals surface area contributed by atoms with Crippen LogP contribution in [0.25, 0.3) is 11.3 Å². The van der Waals surface area contributed by atoms with Crippen LogP contribution in [0.1, 0.15) is 64.6 Å². The number of hydroxylamine groups is 1. The summed E-state index contributed by atoms with van der Waals surface area (Å²) in [6.07, 6.45) is 0. The Labute approximate surface area is 206 Å². The lowest BCUT2D eigenvalue weighted by Gasteiger charge is -2.29. The molecule has 5 rings (SSSR count). The fourth-order valence-corrected chi connectivity index (χ4v) is 4.53. The maximum absolute atomic E-state index is 13.7. The molecule has 2 aromatic carbocycles. The van der Waals surface area contributed by atoms with E-state index in [0.29, 0.717) is 28.5 Å². The van der Waals surface area contributed by atoms with E-state index in [1.165, 1.54) is 11.5 Å². The van der Waals surface area contributed by atoms with Gasteiger partial charge in [0.25, 0.3) is 11.8 Å². The normalized spacial score (nSPS) is 15.2. The van der Waals surface area contributed by atoms with Gasteiger partial charge in [0.1, 0.15) is 11.4 Å². The first-order valence-corrected chi connectivity index (χ1v) is 11.3. The number of methoxy groups -OCH3 is 1. The summed E-state index contributed by atoms with van der Waals surface area (Å²) in [5, 5.41) is 19.9. The molecule has 3 heterocycles. The maximum Gasteiger partial charge on any atom is 0.296 e. The minimum absolute atomic E-state index is 0.0526. The van der Waals surface area contributed by atoms with Crippen molar-refractivity contribution < 1.29 is 24.1 Å². The van der Waals surface area contributed by atoms with Gasteiger partial charge in [0, 0.05) is 33.9 Å². The number of anilines is 1. The van der Waals surface area contributed by atoms with Crippen LogP contribution in [-0.4, -0.2) is 39.5 Å². The summed E-state index contributed by atoms with van der Waals surface area (Å²) < 4.78 is 10.9. The van der Waals surface area contributed by atoms with Gasteiger partial charge in [0.05, 0.1) is 18.8 Å². The molecule has 184 valence electrons. The molecule has 0 fully saturated rings. The molecule has 10 heteroatoms. The molecule has 0 saturated heterocycles. The van der Waals surface area contributed by atoms with Gasteiger partial charge in [0.15, 0.2) is 11.5 Å². The summed E-state index contributed by atoms with van der Waals surface area (Å²) >= 11 is 0. The zero-order valence-electron chi connectivity index (χ0n) is 20.2. The molecular weight excluding hydrogens is 462 g/mol. The number of hydrogen-bond acceptors (Lipinski definition) is 7. The molecule has 1 aliphatic rings. The Morgan fingerprint density at radius 1 is 1.17 bits per heavy atom. The number of rotatable bonds is 5. The number of carbonyl (C=O) groups is 2. The number of benzene rings is 2. The van der Waals surface area contributed by atoms with Gasteiger partial charge in [-0.1, -0.05) is 44.1 Å². The predicted octanol–water partition coefficient (Wildman–Crippen LogP) is 4.24. The Kier molecular flexibility index (Phi) is 5.60. The van der Waals surface area contributed by atoms with Crippen LogP contribution in [0.15, 0.2) is 59.1 Å². The van der Waals surface area contributed by atoms with Crippen LogP contribution in [-0.2, 0) is 5.41 Å².